The topological polar surface area (TPSA) is 70.6 Å². The van der Waals surface area contributed by atoms with Crippen LogP contribution < -0.4 is 15.4 Å². The number of carbonyl (C=O) groups excluding carboxylic acids is 1. The molecule has 5 nitrogen and oxygen atoms in total. The summed E-state index contributed by atoms with van der Waals surface area (Å²) in [5.74, 6) is 0.994. The van der Waals surface area contributed by atoms with Crippen molar-refractivity contribution < 1.29 is 14.6 Å². The summed E-state index contributed by atoms with van der Waals surface area (Å²) in [5, 5.41) is 15.5. The zero-order valence-corrected chi connectivity index (χ0v) is 12.8. The molecule has 2 amide bonds. The lowest BCUT2D eigenvalue weighted by atomic mass is 10.0. The molecule has 2 rings (SSSR count). The van der Waals surface area contributed by atoms with Crippen LogP contribution in [0.5, 0.6) is 5.75 Å². The van der Waals surface area contributed by atoms with E-state index in [0.717, 1.165) is 23.3 Å². The Morgan fingerprint density at radius 3 is 3.00 bits per heavy atom. The number of ether oxygens (including phenoxy) is 1. The van der Waals surface area contributed by atoms with E-state index in [4.69, 9.17) is 4.74 Å². The van der Waals surface area contributed by atoms with Crippen LogP contribution in [0, 0.1) is 12.8 Å². The first kappa shape index (κ1) is 15.6. The molecule has 0 fully saturated rings. The Morgan fingerprint density at radius 1 is 1.52 bits per heavy atom. The van der Waals surface area contributed by atoms with E-state index in [9.17, 15) is 9.90 Å². The molecule has 1 aromatic rings. The van der Waals surface area contributed by atoms with Crippen molar-refractivity contribution in [1.29, 1.82) is 0 Å². The average Bonchev–Trinajstić information content (AvgIpc) is 2.86. The van der Waals surface area contributed by atoms with Crippen LogP contribution in [0.2, 0.25) is 0 Å². The maximum Gasteiger partial charge on any atom is 0.315 e. The van der Waals surface area contributed by atoms with Crippen molar-refractivity contribution in [3.63, 3.8) is 0 Å². The first-order chi connectivity index (χ1) is 10.0. The number of rotatable bonds is 5. The van der Waals surface area contributed by atoms with Crippen molar-refractivity contribution >= 4 is 6.03 Å². The number of nitrogens with one attached hydrogen (secondary N) is 2. The summed E-state index contributed by atoms with van der Waals surface area (Å²) in [4.78, 5) is 11.9. The largest absolute Gasteiger partial charge is 0.491 e. The molecule has 1 aromatic carbocycles. The van der Waals surface area contributed by atoms with Crippen LogP contribution in [0.3, 0.4) is 0 Å². The van der Waals surface area contributed by atoms with E-state index in [2.05, 4.69) is 10.6 Å². The Balaban J connectivity index is 1.86. The normalized spacial score (nSPS) is 19.3. The van der Waals surface area contributed by atoms with Gasteiger partial charge in [0.15, 0.2) is 0 Å². The Bertz CT molecular complexity index is 504. The van der Waals surface area contributed by atoms with Gasteiger partial charge in [-0.2, -0.15) is 0 Å². The highest BCUT2D eigenvalue weighted by molar-refractivity contribution is 5.74. The third-order valence-electron chi connectivity index (χ3n) is 4.02. The molecule has 0 spiro atoms. The maximum absolute atomic E-state index is 11.9. The third kappa shape index (κ3) is 3.88. The molecular weight excluding hydrogens is 268 g/mol. The van der Waals surface area contributed by atoms with E-state index in [-0.39, 0.29) is 24.5 Å². The molecule has 0 bridgehead atoms. The lowest BCUT2D eigenvalue weighted by molar-refractivity contribution is 0.114. The third-order valence-corrected chi connectivity index (χ3v) is 4.02. The summed E-state index contributed by atoms with van der Waals surface area (Å²) < 4.78 is 5.56. The van der Waals surface area contributed by atoms with E-state index in [1.165, 1.54) is 0 Å². The highest BCUT2D eigenvalue weighted by atomic mass is 16.5. The second-order valence-corrected chi connectivity index (χ2v) is 5.71. The molecule has 3 atom stereocenters. The van der Waals surface area contributed by atoms with Crippen LogP contribution in [0.1, 0.15) is 37.4 Å². The molecule has 0 aliphatic carbocycles. The van der Waals surface area contributed by atoms with Gasteiger partial charge in [0.25, 0.3) is 0 Å². The van der Waals surface area contributed by atoms with Crippen molar-refractivity contribution in [2.75, 3.05) is 13.2 Å². The molecule has 1 aliphatic heterocycles. The quantitative estimate of drug-likeness (QED) is 0.778. The van der Waals surface area contributed by atoms with E-state index >= 15 is 0 Å². The smallest absolute Gasteiger partial charge is 0.315 e. The van der Waals surface area contributed by atoms with E-state index in [1.54, 1.807) is 0 Å². The molecule has 1 aliphatic rings. The Morgan fingerprint density at radius 2 is 2.29 bits per heavy atom. The van der Waals surface area contributed by atoms with E-state index in [1.807, 2.05) is 39.0 Å². The fourth-order valence-corrected chi connectivity index (χ4v) is 2.33. The number of aliphatic hydroxyl groups excluding tert-OH is 1. The van der Waals surface area contributed by atoms with Gasteiger partial charge in [0, 0.05) is 12.1 Å². The summed E-state index contributed by atoms with van der Waals surface area (Å²) in [5.41, 5.74) is 2.14. The minimum absolute atomic E-state index is 0.138. The van der Waals surface area contributed by atoms with Crippen LogP contribution in [0.4, 0.5) is 4.79 Å². The number of amides is 2. The van der Waals surface area contributed by atoms with E-state index < -0.39 is 6.10 Å². The SMILES string of the molecule is CCC(C)C(O)CNC(=O)NC1COc2ccc(C)cc21. The molecule has 0 aromatic heterocycles. The zero-order chi connectivity index (χ0) is 15.4. The van der Waals surface area contributed by atoms with E-state index in [0.29, 0.717) is 6.61 Å². The number of aryl methyl sites for hydroxylation is 1. The van der Waals surface area contributed by atoms with Crippen molar-refractivity contribution in [1.82, 2.24) is 10.6 Å². The van der Waals surface area contributed by atoms with Gasteiger partial charge < -0.3 is 20.5 Å². The minimum atomic E-state index is -0.518. The second kappa shape index (κ2) is 6.80. The first-order valence-electron chi connectivity index (χ1n) is 7.47. The van der Waals surface area contributed by atoms with Gasteiger partial charge >= 0.3 is 6.03 Å². The van der Waals surface area contributed by atoms with Gasteiger partial charge in [-0.25, -0.2) is 4.79 Å². The molecule has 5 heteroatoms. The number of urea groups is 1. The lowest BCUT2D eigenvalue weighted by Gasteiger charge is -2.19. The first-order valence-corrected chi connectivity index (χ1v) is 7.47. The Hall–Kier alpha value is -1.75. The van der Waals surface area contributed by atoms with Gasteiger partial charge in [-0.3, -0.25) is 0 Å². The zero-order valence-electron chi connectivity index (χ0n) is 12.8. The van der Waals surface area contributed by atoms with Crippen molar-refractivity contribution in [3.05, 3.63) is 29.3 Å². The highest BCUT2D eigenvalue weighted by Crippen LogP contribution is 2.32. The van der Waals surface area contributed by atoms with Gasteiger partial charge in [0.1, 0.15) is 12.4 Å². The van der Waals surface area contributed by atoms with Gasteiger partial charge in [0.2, 0.25) is 0 Å². The molecule has 116 valence electrons. The molecule has 21 heavy (non-hydrogen) atoms. The summed E-state index contributed by atoms with van der Waals surface area (Å²) in [6, 6.07) is 5.53. The van der Waals surface area contributed by atoms with Crippen LogP contribution in [0.15, 0.2) is 18.2 Å². The van der Waals surface area contributed by atoms with Gasteiger partial charge in [-0.15, -0.1) is 0 Å². The van der Waals surface area contributed by atoms with Gasteiger partial charge in [-0.05, 0) is 18.9 Å². The minimum Gasteiger partial charge on any atom is -0.491 e. The standard InChI is InChI=1S/C16H24N2O3/c1-4-11(3)14(19)8-17-16(20)18-13-9-21-15-6-5-10(2)7-12(13)15/h5-7,11,13-14,19H,4,8-9H2,1-3H3,(H2,17,18,20). The molecule has 0 saturated carbocycles. The van der Waals surface area contributed by atoms with Crippen molar-refractivity contribution in [2.24, 2.45) is 5.92 Å². The summed E-state index contributed by atoms with van der Waals surface area (Å²) >= 11 is 0. The molecule has 3 unspecified atom stereocenters. The van der Waals surface area contributed by atoms with Crippen LogP contribution >= 0.6 is 0 Å². The fraction of sp³-hybridized carbons (Fsp3) is 0.562. The average molecular weight is 292 g/mol. The van der Waals surface area contributed by atoms with Crippen molar-refractivity contribution in [3.8, 4) is 5.75 Å². The predicted octanol–water partition coefficient (Wildman–Crippen LogP) is 2.13. The fourth-order valence-electron chi connectivity index (χ4n) is 2.33. The monoisotopic (exact) mass is 292 g/mol. The second-order valence-electron chi connectivity index (χ2n) is 5.71. The number of aliphatic hydroxyl groups is 1. The van der Waals surface area contributed by atoms with Gasteiger partial charge in [0.05, 0.1) is 12.1 Å². The lowest BCUT2D eigenvalue weighted by Crippen LogP contribution is -2.43. The molecule has 0 radical (unpaired) electrons. The van der Waals surface area contributed by atoms with Crippen LogP contribution in [-0.2, 0) is 0 Å². The summed E-state index contributed by atoms with van der Waals surface area (Å²) in [6.07, 6.45) is 0.364. The predicted molar refractivity (Wildman–Crippen MR) is 81.4 cm³/mol. The van der Waals surface area contributed by atoms with Gasteiger partial charge in [-0.1, -0.05) is 38.0 Å². The Labute approximate surface area is 125 Å². The number of carbonyl (C=O) groups is 1. The van der Waals surface area contributed by atoms with Crippen molar-refractivity contribution in [2.45, 2.75) is 39.3 Å². The number of hydrogen-bond acceptors (Lipinski definition) is 3. The molecular formula is C16H24N2O3. The Kier molecular flexibility index (Phi) is 5.07. The summed E-state index contributed by atoms with van der Waals surface area (Å²) in [6.45, 7) is 6.70. The van der Waals surface area contributed by atoms with Crippen LogP contribution in [-0.4, -0.2) is 30.4 Å². The molecule has 1 heterocycles. The number of benzene rings is 1. The summed E-state index contributed by atoms with van der Waals surface area (Å²) in [7, 11) is 0. The maximum atomic E-state index is 11.9. The molecule has 0 saturated heterocycles. The number of hydrogen-bond donors (Lipinski definition) is 3. The number of fused-ring (bicyclic) bond motifs is 1. The highest BCUT2D eigenvalue weighted by Gasteiger charge is 2.25. The molecule has 3 N–H and O–H groups in total. The van der Waals surface area contributed by atoms with Crippen LogP contribution in [0.25, 0.3) is 0 Å².